The predicted molar refractivity (Wildman–Crippen MR) is 200 cm³/mol. The van der Waals surface area contributed by atoms with Crippen molar-refractivity contribution in [3.8, 4) is 45.6 Å². The van der Waals surface area contributed by atoms with Gasteiger partial charge < -0.3 is 14.2 Å². The van der Waals surface area contributed by atoms with Crippen LogP contribution in [-0.2, 0) is 0 Å². The molecule has 0 aromatic heterocycles. The number of nitrogens with zero attached hydrogens (tertiary/aromatic N) is 1. The smallest absolute Gasteiger partial charge is 0.119 e. The Balaban J connectivity index is 0.996. The highest BCUT2D eigenvalue weighted by atomic mass is 16.5. The van der Waals surface area contributed by atoms with Gasteiger partial charge in [-0.3, -0.25) is 0 Å². The molecule has 0 unspecified atom stereocenters. The minimum Gasteiger partial charge on any atom is -0.494 e. The number of rotatable bonds is 24. The SMILES string of the molecule is CCCCCCCCCCCCOc1ccc(-c2ccc(OCCCCCCCOc3ccc(-c4ccc(C#N)cc4)cc3)cc2)cc1. The van der Waals surface area contributed by atoms with Crippen molar-refractivity contribution >= 4 is 0 Å². The number of ether oxygens (including phenoxy) is 3. The molecule has 0 aliphatic heterocycles. The number of hydrogen-bond acceptors (Lipinski definition) is 4. The maximum atomic E-state index is 8.97. The minimum atomic E-state index is 0.675. The van der Waals surface area contributed by atoms with Crippen molar-refractivity contribution in [2.75, 3.05) is 19.8 Å². The van der Waals surface area contributed by atoms with Gasteiger partial charge in [-0.25, -0.2) is 0 Å². The van der Waals surface area contributed by atoms with Crippen molar-refractivity contribution in [3.05, 3.63) is 103 Å². The third kappa shape index (κ3) is 13.9. The lowest BCUT2D eigenvalue weighted by Crippen LogP contribution is -1.99. The van der Waals surface area contributed by atoms with E-state index in [4.69, 9.17) is 19.5 Å². The van der Waals surface area contributed by atoms with Crippen LogP contribution in [0.4, 0.5) is 0 Å². The summed E-state index contributed by atoms with van der Waals surface area (Å²) in [6.07, 6.45) is 19.0. The molecule has 0 saturated heterocycles. The van der Waals surface area contributed by atoms with Crippen LogP contribution in [0, 0.1) is 11.3 Å². The second-order valence-electron chi connectivity index (χ2n) is 12.8. The lowest BCUT2D eigenvalue weighted by molar-refractivity contribution is 0.293. The molecule has 4 nitrogen and oxygen atoms in total. The second kappa shape index (κ2) is 22.4. The van der Waals surface area contributed by atoms with E-state index in [1.54, 1.807) is 0 Å². The maximum absolute atomic E-state index is 8.97. The van der Waals surface area contributed by atoms with Crippen molar-refractivity contribution < 1.29 is 14.2 Å². The average molecular weight is 646 g/mol. The van der Waals surface area contributed by atoms with Crippen LogP contribution in [0.1, 0.15) is 109 Å². The Morgan fingerprint density at radius 2 is 0.646 bits per heavy atom. The second-order valence-corrected chi connectivity index (χ2v) is 12.8. The van der Waals surface area contributed by atoms with E-state index < -0.39 is 0 Å². The fourth-order valence-electron chi connectivity index (χ4n) is 5.86. The van der Waals surface area contributed by atoms with Crippen molar-refractivity contribution in [1.82, 2.24) is 0 Å². The maximum Gasteiger partial charge on any atom is 0.119 e. The van der Waals surface area contributed by atoms with Crippen molar-refractivity contribution in [2.45, 2.75) is 103 Å². The molecule has 0 bridgehead atoms. The Morgan fingerprint density at radius 3 is 0.938 bits per heavy atom. The molecular weight excluding hydrogens is 590 g/mol. The van der Waals surface area contributed by atoms with Crippen LogP contribution in [0.5, 0.6) is 17.2 Å². The highest BCUT2D eigenvalue weighted by Crippen LogP contribution is 2.26. The van der Waals surface area contributed by atoms with Gasteiger partial charge in [0.05, 0.1) is 31.5 Å². The van der Waals surface area contributed by atoms with Gasteiger partial charge in [0.25, 0.3) is 0 Å². The summed E-state index contributed by atoms with van der Waals surface area (Å²) >= 11 is 0. The van der Waals surface area contributed by atoms with Crippen molar-refractivity contribution in [1.29, 1.82) is 5.26 Å². The van der Waals surface area contributed by atoms with Crippen LogP contribution in [0.2, 0.25) is 0 Å². The Hall–Kier alpha value is -4.23. The van der Waals surface area contributed by atoms with E-state index in [-0.39, 0.29) is 0 Å². The summed E-state index contributed by atoms with van der Waals surface area (Å²) in [6, 6.07) is 34.8. The molecule has 0 spiro atoms. The van der Waals surface area contributed by atoms with Gasteiger partial charge in [0.1, 0.15) is 17.2 Å². The Labute approximate surface area is 290 Å². The summed E-state index contributed by atoms with van der Waals surface area (Å²) in [4.78, 5) is 0. The van der Waals surface area contributed by atoms with E-state index in [2.05, 4.69) is 73.7 Å². The van der Waals surface area contributed by atoms with E-state index in [1.165, 1.54) is 75.3 Å². The predicted octanol–water partition coefficient (Wildman–Crippen LogP) is 12.6. The van der Waals surface area contributed by atoms with Crippen LogP contribution in [0.25, 0.3) is 22.3 Å². The molecule has 4 aromatic rings. The number of nitriles is 1. The molecule has 0 heterocycles. The van der Waals surface area contributed by atoms with Crippen molar-refractivity contribution in [2.24, 2.45) is 0 Å². The summed E-state index contributed by atoms with van der Waals surface area (Å²) in [6.45, 7) is 4.55. The first-order valence-electron chi connectivity index (χ1n) is 18.4. The molecule has 0 aliphatic carbocycles. The third-order valence-electron chi connectivity index (χ3n) is 8.84. The largest absolute Gasteiger partial charge is 0.494 e. The van der Waals surface area contributed by atoms with Crippen LogP contribution >= 0.6 is 0 Å². The molecule has 4 heteroatoms. The molecule has 254 valence electrons. The van der Waals surface area contributed by atoms with E-state index in [9.17, 15) is 0 Å². The summed E-state index contributed by atoms with van der Waals surface area (Å²) in [5.74, 6) is 2.77. The fourth-order valence-corrected chi connectivity index (χ4v) is 5.86. The first-order chi connectivity index (χ1) is 23.7. The number of benzene rings is 4. The minimum absolute atomic E-state index is 0.675. The Bertz CT molecular complexity index is 1440. The summed E-state index contributed by atoms with van der Waals surface area (Å²) in [5.41, 5.74) is 5.28. The van der Waals surface area contributed by atoms with Crippen LogP contribution in [-0.4, -0.2) is 19.8 Å². The molecule has 0 fully saturated rings. The quantitative estimate of drug-likeness (QED) is 0.0712. The molecule has 0 radical (unpaired) electrons. The zero-order valence-corrected chi connectivity index (χ0v) is 29.1. The van der Waals surface area contributed by atoms with Gasteiger partial charge >= 0.3 is 0 Å². The first-order valence-corrected chi connectivity index (χ1v) is 18.4. The Morgan fingerprint density at radius 1 is 0.375 bits per heavy atom. The van der Waals surface area contributed by atoms with E-state index in [1.807, 2.05) is 36.4 Å². The first kappa shape index (κ1) is 36.6. The van der Waals surface area contributed by atoms with Gasteiger partial charge in [0.2, 0.25) is 0 Å². The van der Waals surface area contributed by atoms with E-state index in [0.29, 0.717) is 5.56 Å². The van der Waals surface area contributed by atoms with Gasteiger partial charge in [0, 0.05) is 0 Å². The summed E-state index contributed by atoms with van der Waals surface area (Å²) < 4.78 is 17.9. The summed E-state index contributed by atoms with van der Waals surface area (Å²) in [7, 11) is 0. The third-order valence-corrected chi connectivity index (χ3v) is 8.84. The molecular formula is C44H55NO3. The van der Waals surface area contributed by atoms with Gasteiger partial charge in [0.15, 0.2) is 0 Å². The standard InChI is InChI=1S/C44H55NO3/c1-2-3-4-5-6-7-8-9-11-14-33-46-43-29-23-40(24-30-43)41-25-31-44(32-26-41)48-35-16-13-10-12-15-34-47-42-27-21-39(22-28-42)38-19-17-37(36-45)18-20-38/h17-32H,2-16,33-35H2,1H3. The molecule has 0 amide bonds. The average Bonchev–Trinajstić information content (AvgIpc) is 3.14. The lowest BCUT2D eigenvalue weighted by Gasteiger charge is -2.09. The zero-order valence-electron chi connectivity index (χ0n) is 29.1. The highest BCUT2D eigenvalue weighted by Gasteiger charge is 2.03. The summed E-state index contributed by atoms with van der Waals surface area (Å²) in [5, 5.41) is 8.97. The van der Waals surface area contributed by atoms with E-state index >= 15 is 0 Å². The highest BCUT2D eigenvalue weighted by molar-refractivity contribution is 5.65. The molecule has 48 heavy (non-hydrogen) atoms. The lowest BCUT2D eigenvalue weighted by atomic mass is 10.0. The number of hydrogen-bond donors (Lipinski definition) is 0. The molecule has 4 aromatic carbocycles. The number of unbranched alkanes of at least 4 members (excludes halogenated alkanes) is 13. The molecule has 0 aliphatic rings. The van der Waals surface area contributed by atoms with Gasteiger partial charge in [-0.2, -0.15) is 5.26 Å². The van der Waals surface area contributed by atoms with Gasteiger partial charge in [-0.1, -0.05) is 133 Å². The van der Waals surface area contributed by atoms with Gasteiger partial charge in [-0.05, 0) is 90.0 Å². The fraction of sp³-hybridized carbons (Fsp3) is 0.432. The zero-order chi connectivity index (χ0) is 33.5. The molecule has 4 rings (SSSR count). The van der Waals surface area contributed by atoms with Crippen molar-refractivity contribution in [3.63, 3.8) is 0 Å². The molecule has 0 saturated carbocycles. The molecule has 0 N–H and O–H groups in total. The van der Waals surface area contributed by atoms with Gasteiger partial charge in [-0.15, -0.1) is 0 Å². The topological polar surface area (TPSA) is 51.5 Å². The van der Waals surface area contributed by atoms with E-state index in [0.717, 1.165) is 80.3 Å². The molecule has 0 atom stereocenters. The van der Waals surface area contributed by atoms with Crippen LogP contribution in [0.3, 0.4) is 0 Å². The normalized spacial score (nSPS) is 10.8. The van der Waals surface area contributed by atoms with Crippen LogP contribution < -0.4 is 14.2 Å². The monoisotopic (exact) mass is 645 g/mol. The van der Waals surface area contributed by atoms with Crippen LogP contribution in [0.15, 0.2) is 97.1 Å². The Kier molecular flexibility index (Phi) is 17.1.